The van der Waals surface area contributed by atoms with Crippen molar-refractivity contribution < 1.29 is 0 Å². The van der Waals surface area contributed by atoms with E-state index in [0.29, 0.717) is 0 Å². The van der Waals surface area contributed by atoms with E-state index in [1.165, 1.54) is 11.1 Å². The summed E-state index contributed by atoms with van der Waals surface area (Å²) in [6, 6.07) is 0. The molecule has 0 heterocycles. The van der Waals surface area contributed by atoms with Crippen LogP contribution < -0.4 is 0 Å². The molecule has 0 nitrogen and oxygen atoms in total. The van der Waals surface area contributed by atoms with E-state index in [-0.39, 0.29) is 7.92 Å². The highest BCUT2D eigenvalue weighted by molar-refractivity contribution is 7.57. The van der Waals surface area contributed by atoms with Gasteiger partial charge >= 0.3 is 0 Å². The number of hydrogen-bond donors (Lipinski definition) is 0. The van der Waals surface area contributed by atoms with Gasteiger partial charge in [0.1, 0.15) is 0 Å². The van der Waals surface area contributed by atoms with Gasteiger partial charge in [0.2, 0.25) is 0 Å². The molecule has 0 saturated heterocycles. The maximum atomic E-state index is 2.37. The minimum Gasteiger partial charge on any atom is -0.101 e. The first kappa shape index (κ1) is 9.99. The second kappa shape index (κ2) is 3.34. The zero-order valence-electron chi connectivity index (χ0n) is 9.02. The normalized spacial score (nSPS) is 20.2. The number of hydrogen-bond acceptors (Lipinski definition) is 0. The summed E-state index contributed by atoms with van der Waals surface area (Å²) in [5.41, 5.74) is 7.07. The lowest BCUT2D eigenvalue weighted by Crippen LogP contribution is -2.04. The van der Waals surface area contributed by atoms with Crippen LogP contribution in [-0.4, -0.2) is 19.0 Å². The van der Waals surface area contributed by atoms with Gasteiger partial charge in [0.25, 0.3) is 0 Å². The van der Waals surface area contributed by atoms with E-state index in [4.69, 9.17) is 0 Å². The van der Waals surface area contributed by atoms with Crippen LogP contribution in [0.4, 0.5) is 0 Å². The summed E-state index contributed by atoms with van der Waals surface area (Å²) in [6.45, 7) is 13.8. The average Bonchev–Trinajstić information content (AvgIpc) is 2.16. The molecule has 0 radical (unpaired) electrons. The van der Waals surface area contributed by atoms with E-state index in [0.717, 1.165) is 5.66 Å². The summed E-state index contributed by atoms with van der Waals surface area (Å²) in [6.07, 6.45) is 0. The molecular formula is C11H19P. The molecule has 0 unspecified atom stereocenters. The Morgan fingerprint density at radius 1 is 0.833 bits per heavy atom. The first-order chi connectivity index (χ1) is 5.46. The Morgan fingerprint density at radius 3 is 1.33 bits per heavy atom. The fraction of sp³-hybridized carbons (Fsp3) is 0.636. The Kier molecular flexibility index (Phi) is 2.78. The van der Waals surface area contributed by atoms with Crippen LogP contribution in [0.15, 0.2) is 22.3 Å². The zero-order chi connectivity index (χ0) is 9.46. The largest absolute Gasteiger partial charge is 0.101 e. The van der Waals surface area contributed by atoms with Crippen LogP contribution in [-0.2, 0) is 0 Å². The van der Waals surface area contributed by atoms with Gasteiger partial charge in [0.05, 0.1) is 0 Å². The zero-order valence-corrected chi connectivity index (χ0v) is 9.92. The highest BCUT2D eigenvalue weighted by atomic mass is 31.1. The number of rotatable bonds is 1. The molecule has 0 aromatic carbocycles. The van der Waals surface area contributed by atoms with Gasteiger partial charge in [0.15, 0.2) is 0 Å². The molecule has 68 valence electrons. The van der Waals surface area contributed by atoms with E-state index in [9.17, 15) is 0 Å². The van der Waals surface area contributed by atoms with E-state index >= 15 is 0 Å². The van der Waals surface area contributed by atoms with Crippen molar-refractivity contribution in [1.82, 2.24) is 0 Å². The van der Waals surface area contributed by atoms with Gasteiger partial charge < -0.3 is 0 Å². The molecule has 0 spiro atoms. The van der Waals surface area contributed by atoms with Crippen molar-refractivity contribution in [1.29, 1.82) is 0 Å². The Hall–Kier alpha value is -0.0900. The monoisotopic (exact) mass is 182 g/mol. The van der Waals surface area contributed by atoms with Crippen LogP contribution >= 0.6 is 7.92 Å². The third kappa shape index (κ3) is 1.38. The van der Waals surface area contributed by atoms with Gasteiger partial charge in [-0.15, -0.1) is 7.92 Å². The van der Waals surface area contributed by atoms with Crippen molar-refractivity contribution in [2.24, 2.45) is 0 Å². The standard InChI is InChI=1S/C11H19P/c1-7-8(2)10(4)11(9(7)3)12(5)6/h11H,1-6H3. The van der Waals surface area contributed by atoms with Crippen molar-refractivity contribution in [3.05, 3.63) is 22.3 Å². The SMILES string of the molecule is CC1=C(C)C(P(C)C)C(C)=C1C. The van der Waals surface area contributed by atoms with Crippen molar-refractivity contribution in [3.63, 3.8) is 0 Å². The molecule has 1 rings (SSSR count). The highest BCUT2D eigenvalue weighted by Gasteiger charge is 2.26. The van der Waals surface area contributed by atoms with Gasteiger partial charge in [-0.25, -0.2) is 0 Å². The van der Waals surface area contributed by atoms with Crippen LogP contribution in [0.1, 0.15) is 27.7 Å². The first-order valence-electron chi connectivity index (χ1n) is 4.48. The summed E-state index contributed by atoms with van der Waals surface area (Å²) in [7, 11) is 0.151. The smallest absolute Gasteiger partial charge is 0.0210 e. The van der Waals surface area contributed by atoms with E-state index < -0.39 is 0 Å². The maximum absolute atomic E-state index is 2.37. The first-order valence-corrected chi connectivity index (χ1v) is 6.79. The Morgan fingerprint density at radius 2 is 1.17 bits per heavy atom. The Balaban J connectivity index is 3.08. The lowest BCUT2D eigenvalue weighted by molar-refractivity contribution is 1.14. The summed E-state index contributed by atoms with van der Waals surface area (Å²) in [5.74, 6) is 0. The molecule has 0 amide bonds. The van der Waals surface area contributed by atoms with Crippen molar-refractivity contribution in [2.75, 3.05) is 13.3 Å². The molecule has 0 aliphatic heterocycles. The molecule has 0 bridgehead atoms. The predicted molar refractivity (Wildman–Crippen MR) is 59.3 cm³/mol. The third-order valence-electron chi connectivity index (χ3n) is 3.08. The van der Waals surface area contributed by atoms with Crippen molar-refractivity contribution >= 4 is 7.92 Å². The minimum absolute atomic E-state index is 0.151. The molecule has 1 aliphatic rings. The van der Waals surface area contributed by atoms with Crippen molar-refractivity contribution in [2.45, 2.75) is 33.4 Å². The molecule has 1 aliphatic carbocycles. The van der Waals surface area contributed by atoms with E-state index in [1.54, 1.807) is 11.1 Å². The van der Waals surface area contributed by atoms with Gasteiger partial charge in [-0.3, -0.25) is 0 Å². The van der Waals surface area contributed by atoms with Crippen LogP contribution in [0.3, 0.4) is 0 Å². The molecular weight excluding hydrogens is 163 g/mol. The van der Waals surface area contributed by atoms with Crippen molar-refractivity contribution in [3.8, 4) is 0 Å². The third-order valence-corrected chi connectivity index (χ3v) is 4.89. The Bertz CT molecular complexity index is 232. The predicted octanol–water partition coefficient (Wildman–Crippen LogP) is 3.78. The summed E-state index contributed by atoms with van der Waals surface area (Å²) >= 11 is 0. The highest BCUT2D eigenvalue weighted by Crippen LogP contribution is 2.48. The maximum Gasteiger partial charge on any atom is 0.0210 e. The lowest BCUT2D eigenvalue weighted by Gasteiger charge is -2.19. The molecule has 0 saturated carbocycles. The quantitative estimate of drug-likeness (QED) is 0.541. The van der Waals surface area contributed by atoms with Gasteiger partial charge in [-0.1, -0.05) is 11.1 Å². The molecule has 0 atom stereocenters. The van der Waals surface area contributed by atoms with Crippen LogP contribution in [0.5, 0.6) is 0 Å². The molecule has 0 N–H and O–H groups in total. The average molecular weight is 182 g/mol. The molecule has 0 fully saturated rings. The van der Waals surface area contributed by atoms with Gasteiger partial charge in [-0.05, 0) is 52.2 Å². The van der Waals surface area contributed by atoms with Crippen LogP contribution in [0.25, 0.3) is 0 Å². The van der Waals surface area contributed by atoms with Gasteiger partial charge in [0, 0.05) is 5.66 Å². The van der Waals surface area contributed by atoms with E-state index in [1.807, 2.05) is 0 Å². The molecule has 12 heavy (non-hydrogen) atoms. The Labute approximate surface area is 77.5 Å². The molecule has 0 aromatic heterocycles. The number of allylic oxidation sites excluding steroid dienone is 4. The molecule has 1 heteroatoms. The fourth-order valence-corrected chi connectivity index (χ4v) is 4.04. The topological polar surface area (TPSA) is 0 Å². The second-order valence-electron chi connectivity index (χ2n) is 3.98. The fourth-order valence-electron chi connectivity index (χ4n) is 2.10. The summed E-state index contributed by atoms with van der Waals surface area (Å²) in [4.78, 5) is 0. The summed E-state index contributed by atoms with van der Waals surface area (Å²) in [5, 5.41) is 0. The van der Waals surface area contributed by atoms with Crippen LogP contribution in [0, 0.1) is 0 Å². The lowest BCUT2D eigenvalue weighted by atomic mass is 10.1. The van der Waals surface area contributed by atoms with Crippen LogP contribution in [0.2, 0.25) is 0 Å². The van der Waals surface area contributed by atoms with Gasteiger partial charge in [-0.2, -0.15) is 0 Å². The molecule has 0 aromatic rings. The minimum atomic E-state index is 0.151. The summed E-state index contributed by atoms with van der Waals surface area (Å²) < 4.78 is 0. The second-order valence-corrected chi connectivity index (χ2v) is 6.43. The van der Waals surface area contributed by atoms with E-state index in [2.05, 4.69) is 41.0 Å².